The summed E-state index contributed by atoms with van der Waals surface area (Å²) in [7, 11) is 1.45. The van der Waals surface area contributed by atoms with Gasteiger partial charge in [0.25, 0.3) is 11.8 Å². The molecule has 6 heteroatoms. The molecule has 0 atom stereocenters. The first-order valence-electron chi connectivity index (χ1n) is 6.15. The maximum Gasteiger partial charge on any atom is 0.273 e. The fourth-order valence-electron chi connectivity index (χ4n) is 1.75. The Kier molecular flexibility index (Phi) is 4.40. The molecule has 0 unspecified atom stereocenters. The fourth-order valence-corrected chi connectivity index (χ4v) is 1.75. The monoisotopic (exact) mass is 286 g/mol. The minimum atomic E-state index is -0.614. The van der Waals surface area contributed by atoms with E-state index < -0.39 is 11.8 Å². The lowest BCUT2D eigenvalue weighted by molar-refractivity contribution is 0.0843. The molecule has 2 amide bonds. The second kappa shape index (κ2) is 6.42. The van der Waals surface area contributed by atoms with E-state index in [1.165, 1.54) is 19.2 Å². The number of hydrogen-bond acceptors (Lipinski definition) is 4. The van der Waals surface area contributed by atoms with E-state index in [2.05, 4.69) is 10.9 Å². The zero-order chi connectivity index (χ0) is 15.2. The van der Waals surface area contributed by atoms with Crippen LogP contribution in [-0.2, 0) is 0 Å². The molecule has 2 aromatic carbocycles. The van der Waals surface area contributed by atoms with Gasteiger partial charge in [0.1, 0.15) is 11.5 Å². The first-order valence-corrected chi connectivity index (χ1v) is 6.15. The summed E-state index contributed by atoms with van der Waals surface area (Å²) in [6, 6.07) is 12.7. The van der Waals surface area contributed by atoms with E-state index in [-0.39, 0.29) is 16.9 Å². The van der Waals surface area contributed by atoms with Crippen molar-refractivity contribution in [2.45, 2.75) is 0 Å². The second-order valence-electron chi connectivity index (χ2n) is 4.13. The molecule has 0 heterocycles. The number of ether oxygens (including phenoxy) is 1. The third-order valence-corrected chi connectivity index (χ3v) is 2.79. The highest BCUT2D eigenvalue weighted by atomic mass is 16.5. The molecular weight excluding hydrogens is 272 g/mol. The van der Waals surface area contributed by atoms with Gasteiger partial charge in [0, 0.05) is 0 Å². The van der Waals surface area contributed by atoms with Crippen molar-refractivity contribution in [2.24, 2.45) is 0 Å². The van der Waals surface area contributed by atoms with Gasteiger partial charge in [-0.3, -0.25) is 20.4 Å². The van der Waals surface area contributed by atoms with E-state index in [0.29, 0.717) is 5.75 Å². The highest BCUT2D eigenvalue weighted by Crippen LogP contribution is 2.17. The predicted octanol–water partition coefficient (Wildman–Crippen LogP) is 1.48. The minimum absolute atomic E-state index is 0.0674. The number of phenols is 1. The Labute approximate surface area is 121 Å². The Bertz CT molecular complexity index is 670. The Hall–Kier alpha value is -3.02. The standard InChI is InChI=1S/C15H14N2O4/c1-21-13-9-5-3-7-11(13)15(20)17-16-14(19)10-6-2-4-8-12(10)18/h2-9,18H,1H3,(H,16,19)(H,17,20). The molecule has 3 N–H and O–H groups in total. The number of rotatable bonds is 3. The average Bonchev–Trinajstić information content (AvgIpc) is 2.52. The smallest absolute Gasteiger partial charge is 0.273 e. The van der Waals surface area contributed by atoms with Crippen molar-refractivity contribution in [3.05, 3.63) is 59.7 Å². The van der Waals surface area contributed by atoms with Crippen molar-refractivity contribution in [2.75, 3.05) is 7.11 Å². The van der Waals surface area contributed by atoms with Gasteiger partial charge in [-0.2, -0.15) is 0 Å². The maximum absolute atomic E-state index is 12.0. The molecule has 0 fully saturated rings. The number of phenolic OH excluding ortho intramolecular Hbond substituents is 1. The van der Waals surface area contributed by atoms with Gasteiger partial charge in [0.2, 0.25) is 0 Å². The lowest BCUT2D eigenvalue weighted by Gasteiger charge is -2.10. The molecule has 0 saturated heterocycles. The molecule has 0 aliphatic heterocycles. The zero-order valence-corrected chi connectivity index (χ0v) is 11.3. The van der Waals surface area contributed by atoms with Crippen LogP contribution < -0.4 is 15.6 Å². The van der Waals surface area contributed by atoms with Crippen LogP contribution in [0.2, 0.25) is 0 Å². The number of para-hydroxylation sites is 2. The lowest BCUT2D eigenvalue weighted by Crippen LogP contribution is -2.41. The van der Waals surface area contributed by atoms with E-state index in [0.717, 1.165) is 0 Å². The largest absolute Gasteiger partial charge is 0.507 e. The van der Waals surface area contributed by atoms with Crippen LogP contribution in [-0.4, -0.2) is 24.0 Å². The number of amides is 2. The molecular formula is C15H14N2O4. The van der Waals surface area contributed by atoms with E-state index in [1.54, 1.807) is 36.4 Å². The molecule has 0 aliphatic rings. The van der Waals surface area contributed by atoms with Gasteiger partial charge in [-0.1, -0.05) is 24.3 Å². The second-order valence-corrected chi connectivity index (χ2v) is 4.13. The quantitative estimate of drug-likeness (QED) is 0.746. The number of carbonyl (C=O) groups is 2. The predicted molar refractivity (Wildman–Crippen MR) is 76.0 cm³/mol. The topological polar surface area (TPSA) is 87.7 Å². The summed E-state index contributed by atoms with van der Waals surface area (Å²) in [5, 5.41) is 9.55. The van der Waals surface area contributed by atoms with Crippen molar-refractivity contribution in [1.82, 2.24) is 10.9 Å². The zero-order valence-electron chi connectivity index (χ0n) is 11.3. The Morgan fingerprint density at radius 3 is 2.05 bits per heavy atom. The van der Waals surface area contributed by atoms with Crippen molar-refractivity contribution >= 4 is 11.8 Å². The molecule has 0 spiro atoms. The molecule has 2 rings (SSSR count). The Balaban J connectivity index is 2.05. The number of hydrogen-bond donors (Lipinski definition) is 3. The molecule has 6 nitrogen and oxygen atoms in total. The van der Waals surface area contributed by atoms with Crippen LogP contribution in [0.1, 0.15) is 20.7 Å². The average molecular weight is 286 g/mol. The van der Waals surface area contributed by atoms with E-state index in [1.807, 2.05) is 0 Å². The van der Waals surface area contributed by atoms with Gasteiger partial charge in [-0.15, -0.1) is 0 Å². The molecule has 0 bridgehead atoms. The van der Waals surface area contributed by atoms with Gasteiger partial charge in [0.05, 0.1) is 18.2 Å². The van der Waals surface area contributed by atoms with Crippen molar-refractivity contribution in [3.63, 3.8) is 0 Å². The molecule has 21 heavy (non-hydrogen) atoms. The molecule has 0 aliphatic carbocycles. The number of hydrazine groups is 1. The molecule has 108 valence electrons. The SMILES string of the molecule is COc1ccccc1C(=O)NNC(=O)c1ccccc1O. The van der Waals surface area contributed by atoms with Crippen LogP contribution in [0.15, 0.2) is 48.5 Å². The van der Waals surface area contributed by atoms with Gasteiger partial charge in [-0.05, 0) is 24.3 Å². The van der Waals surface area contributed by atoms with Gasteiger partial charge in [-0.25, -0.2) is 0 Å². The molecule has 0 saturated carbocycles. The summed E-state index contributed by atoms with van der Waals surface area (Å²) in [6.45, 7) is 0. The third kappa shape index (κ3) is 3.30. The summed E-state index contributed by atoms with van der Waals surface area (Å²) in [6.07, 6.45) is 0. The van der Waals surface area contributed by atoms with Crippen LogP contribution in [0.25, 0.3) is 0 Å². The number of methoxy groups -OCH3 is 1. The first kappa shape index (κ1) is 14.4. The summed E-state index contributed by atoms with van der Waals surface area (Å²) in [4.78, 5) is 23.8. The lowest BCUT2D eigenvalue weighted by atomic mass is 10.2. The van der Waals surface area contributed by atoms with Gasteiger partial charge < -0.3 is 9.84 Å². The maximum atomic E-state index is 12.0. The van der Waals surface area contributed by atoms with Crippen LogP contribution in [0.4, 0.5) is 0 Å². The van der Waals surface area contributed by atoms with Gasteiger partial charge >= 0.3 is 0 Å². The Morgan fingerprint density at radius 2 is 1.43 bits per heavy atom. The highest BCUT2D eigenvalue weighted by molar-refractivity contribution is 6.01. The van der Waals surface area contributed by atoms with Crippen LogP contribution >= 0.6 is 0 Å². The summed E-state index contributed by atoms with van der Waals surface area (Å²) in [5.41, 5.74) is 4.86. The Morgan fingerprint density at radius 1 is 0.905 bits per heavy atom. The fraction of sp³-hybridized carbons (Fsp3) is 0.0667. The van der Waals surface area contributed by atoms with E-state index in [9.17, 15) is 14.7 Å². The third-order valence-electron chi connectivity index (χ3n) is 2.79. The summed E-state index contributed by atoms with van der Waals surface area (Å²) in [5.74, 6) is -0.902. The van der Waals surface area contributed by atoms with Crippen LogP contribution in [0, 0.1) is 0 Å². The van der Waals surface area contributed by atoms with Crippen molar-refractivity contribution in [3.8, 4) is 11.5 Å². The molecule has 2 aromatic rings. The minimum Gasteiger partial charge on any atom is -0.507 e. The number of carbonyl (C=O) groups excluding carboxylic acids is 2. The van der Waals surface area contributed by atoms with Crippen LogP contribution in [0.3, 0.4) is 0 Å². The molecule has 0 radical (unpaired) electrons. The van der Waals surface area contributed by atoms with E-state index in [4.69, 9.17) is 4.74 Å². The number of nitrogens with one attached hydrogen (secondary N) is 2. The highest BCUT2D eigenvalue weighted by Gasteiger charge is 2.14. The summed E-state index contributed by atoms with van der Waals surface area (Å²) >= 11 is 0. The van der Waals surface area contributed by atoms with Crippen LogP contribution in [0.5, 0.6) is 11.5 Å². The normalized spacial score (nSPS) is 9.76. The number of aromatic hydroxyl groups is 1. The molecule has 0 aromatic heterocycles. The summed E-state index contributed by atoms with van der Waals surface area (Å²) < 4.78 is 5.06. The van der Waals surface area contributed by atoms with Crippen molar-refractivity contribution in [1.29, 1.82) is 0 Å². The first-order chi connectivity index (χ1) is 10.1. The van der Waals surface area contributed by atoms with Crippen molar-refractivity contribution < 1.29 is 19.4 Å². The number of benzene rings is 2. The van der Waals surface area contributed by atoms with E-state index >= 15 is 0 Å². The van der Waals surface area contributed by atoms with Gasteiger partial charge in [0.15, 0.2) is 0 Å².